The molecule has 1 amide bonds. The van der Waals surface area contributed by atoms with Crippen molar-refractivity contribution >= 4 is 11.6 Å². The Labute approximate surface area is 253 Å². The van der Waals surface area contributed by atoms with Gasteiger partial charge < -0.3 is 14.5 Å². The van der Waals surface area contributed by atoms with E-state index in [2.05, 4.69) is 11.8 Å². The minimum atomic E-state index is -4.40. The molecule has 1 saturated carbocycles. The highest BCUT2D eigenvalue weighted by atomic mass is 19.4. The molecule has 0 bridgehead atoms. The van der Waals surface area contributed by atoms with Crippen molar-refractivity contribution in [2.75, 3.05) is 51.3 Å². The minimum absolute atomic E-state index is 0.00932. The molecule has 0 unspecified atom stereocenters. The zero-order valence-electron chi connectivity index (χ0n) is 26.0. The van der Waals surface area contributed by atoms with Gasteiger partial charge in [-0.1, -0.05) is 31.9 Å². The SMILES string of the molecule is COc1ccc([C@@H]2CN(C(C)(C)C)C[C@@]2(F)C(=O)N2CCN(c3ccc(C(F)(F)F)cc3[C@H]3CC[C@H](C)CC3)CC2)cc1. The van der Waals surface area contributed by atoms with Crippen LogP contribution in [0.3, 0.4) is 0 Å². The van der Waals surface area contributed by atoms with Crippen LogP contribution < -0.4 is 9.64 Å². The second-order valence-electron chi connectivity index (χ2n) is 13.7. The molecule has 2 aliphatic heterocycles. The number of hydrogen-bond donors (Lipinski definition) is 0. The van der Waals surface area contributed by atoms with Gasteiger partial charge in [0.15, 0.2) is 0 Å². The minimum Gasteiger partial charge on any atom is -0.497 e. The Balaban J connectivity index is 1.36. The molecule has 3 aliphatic rings. The van der Waals surface area contributed by atoms with Gasteiger partial charge in [0, 0.05) is 56.4 Å². The van der Waals surface area contributed by atoms with E-state index < -0.39 is 29.2 Å². The lowest BCUT2D eigenvalue weighted by atomic mass is 9.78. The van der Waals surface area contributed by atoms with Crippen LogP contribution in [-0.4, -0.2) is 73.3 Å². The normalized spacial score (nSPS) is 27.4. The topological polar surface area (TPSA) is 36.0 Å². The summed E-state index contributed by atoms with van der Waals surface area (Å²) in [5.74, 6) is 0.202. The number of methoxy groups -OCH3 is 1. The molecule has 5 nitrogen and oxygen atoms in total. The van der Waals surface area contributed by atoms with E-state index in [-0.39, 0.29) is 18.0 Å². The summed E-state index contributed by atoms with van der Waals surface area (Å²) in [6, 6.07) is 11.4. The van der Waals surface area contributed by atoms with Crippen molar-refractivity contribution in [2.24, 2.45) is 5.92 Å². The predicted octanol–water partition coefficient (Wildman–Crippen LogP) is 7.26. The van der Waals surface area contributed by atoms with Crippen LogP contribution in [0, 0.1) is 5.92 Å². The summed E-state index contributed by atoms with van der Waals surface area (Å²) in [6.45, 7) is 10.2. The molecule has 0 spiro atoms. The molecule has 2 aromatic rings. The summed E-state index contributed by atoms with van der Waals surface area (Å²) in [6.07, 6.45) is -0.659. The number of carbonyl (C=O) groups is 1. The van der Waals surface area contributed by atoms with Crippen LogP contribution in [0.2, 0.25) is 0 Å². The molecule has 2 heterocycles. The fraction of sp³-hybridized carbons (Fsp3) is 0.618. The number of carbonyl (C=O) groups excluding carboxylic acids is 1. The number of benzene rings is 2. The Kier molecular flexibility index (Phi) is 8.78. The first-order chi connectivity index (χ1) is 20.2. The second kappa shape index (κ2) is 11.9. The molecule has 43 heavy (non-hydrogen) atoms. The zero-order chi connectivity index (χ0) is 31.2. The van der Waals surface area contributed by atoms with Gasteiger partial charge in [0.05, 0.1) is 12.7 Å². The van der Waals surface area contributed by atoms with Gasteiger partial charge in [-0.15, -0.1) is 0 Å². The van der Waals surface area contributed by atoms with Crippen LogP contribution in [-0.2, 0) is 11.0 Å². The number of anilines is 1. The van der Waals surface area contributed by atoms with Crippen molar-refractivity contribution in [3.63, 3.8) is 0 Å². The average molecular weight is 604 g/mol. The highest BCUT2D eigenvalue weighted by molar-refractivity contribution is 5.87. The molecule has 0 radical (unpaired) electrons. The molecule has 2 atom stereocenters. The average Bonchev–Trinajstić information content (AvgIpc) is 3.36. The Bertz CT molecular complexity index is 1280. The molecule has 9 heteroatoms. The molecule has 0 N–H and O–H groups in total. The van der Waals surface area contributed by atoms with E-state index >= 15 is 4.39 Å². The van der Waals surface area contributed by atoms with Crippen molar-refractivity contribution < 1.29 is 27.1 Å². The Hall–Kier alpha value is -2.81. The third-order valence-electron chi connectivity index (χ3n) is 9.92. The maximum Gasteiger partial charge on any atom is 0.416 e. The van der Waals surface area contributed by atoms with E-state index in [9.17, 15) is 18.0 Å². The molecule has 236 valence electrons. The van der Waals surface area contributed by atoms with Gasteiger partial charge in [-0.05, 0) is 86.9 Å². The molecular weight excluding hydrogens is 558 g/mol. The van der Waals surface area contributed by atoms with E-state index in [0.717, 1.165) is 48.6 Å². The number of nitrogens with zero attached hydrogens (tertiary/aromatic N) is 3. The number of hydrogen-bond acceptors (Lipinski definition) is 4. The smallest absolute Gasteiger partial charge is 0.416 e. The number of piperazine rings is 1. The van der Waals surface area contributed by atoms with Crippen LogP contribution in [0.1, 0.15) is 81.9 Å². The standard InChI is InChI=1S/C34H45F4N3O2/c1-23-6-8-24(9-7-23)28-20-26(34(36,37)38)12-15-30(28)39-16-18-40(19-17-39)31(42)33(35)22-41(32(2,3)4)21-29(33)25-10-13-27(43-5)14-11-25/h10-15,20,23-24,29H,6-9,16-19,21-22H2,1-5H3/t23-,24-,29-,33-/m0/s1. The quantitative estimate of drug-likeness (QED) is 0.337. The molecule has 5 rings (SSSR count). The van der Waals surface area contributed by atoms with Crippen molar-refractivity contribution in [2.45, 2.75) is 82.6 Å². The van der Waals surface area contributed by atoms with Crippen molar-refractivity contribution in [3.05, 3.63) is 59.2 Å². The number of alkyl halides is 4. The van der Waals surface area contributed by atoms with Crippen LogP contribution in [0.15, 0.2) is 42.5 Å². The largest absolute Gasteiger partial charge is 0.497 e. The monoisotopic (exact) mass is 603 g/mol. The lowest BCUT2D eigenvalue weighted by molar-refractivity contribution is -0.144. The lowest BCUT2D eigenvalue weighted by Gasteiger charge is -2.41. The summed E-state index contributed by atoms with van der Waals surface area (Å²) in [5, 5.41) is 0. The number of halogens is 4. The van der Waals surface area contributed by atoms with Crippen molar-refractivity contribution in [1.29, 1.82) is 0 Å². The Morgan fingerprint density at radius 2 is 1.56 bits per heavy atom. The van der Waals surface area contributed by atoms with E-state index in [0.29, 0.717) is 44.4 Å². The fourth-order valence-corrected chi connectivity index (χ4v) is 7.08. The number of ether oxygens (including phenoxy) is 1. The molecule has 1 aliphatic carbocycles. The van der Waals surface area contributed by atoms with Gasteiger partial charge in [0.25, 0.3) is 5.91 Å². The van der Waals surface area contributed by atoms with E-state index in [1.165, 1.54) is 6.07 Å². The molecule has 2 aromatic carbocycles. The van der Waals surface area contributed by atoms with Gasteiger partial charge in [0.1, 0.15) is 5.75 Å². The predicted molar refractivity (Wildman–Crippen MR) is 162 cm³/mol. The van der Waals surface area contributed by atoms with Crippen LogP contribution in [0.25, 0.3) is 0 Å². The van der Waals surface area contributed by atoms with Crippen LogP contribution in [0.4, 0.5) is 23.2 Å². The summed E-state index contributed by atoms with van der Waals surface area (Å²) >= 11 is 0. The highest BCUT2D eigenvalue weighted by Crippen LogP contribution is 2.45. The first-order valence-electron chi connectivity index (χ1n) is 15.5. The zero-order valence-corrected chi connectivity index (χ0v) is 26.0. The highest BCUT2D eigenvalue weighted by Gasteiger charge is 2.57. The Morgan fingerprint density at radius 3 is 2.12 bits per heavy atom. The molecule has 0 aromatic heterocycles. The van der Waals surface area contributed by atoms with Crippen LogP contribution in [0.5, 0.6) is 5.75 Å². The molecule has 2 saturated heterocycles. The summed E-state index contributed by atoms with van der Waals surface area (Å²) in [5.41, 5.74) is -0.703. The number of amides is 1. The van der Waals surface area contributed by atoms with Crippen LogP contribution >= 0.6 is 0 Å². The third kappa shape index (κ3) is 6.52. The maximum absolute atomic E-state index is 17.1. The summed E-state index contributed by atoms with van der Waals surface area (Å²) < 4.78 is 63.5. The Morgan fingerprint density at radius 1 is 0.930 bits per heavy atom. The third-order valence-corrected chi connectivity index (χ3v) is 9.92. The fourth-order valence-electron chi connectivity index (χ4n) is 7.08. The van der Waals surface area contributed by atoms with E-state index in [1.54, 1.807) is 30.2 Å². The first kappa shape index (κ1) is 31.6. The van der Waals surface area contributed by atoms with Gasteiger partial charge in [-0.25, -0.2) is 4.39 Å². The van der Waals surface area contributed by atoms with Gasteiger partial charge >= 0.3 is 6.18 Å². The number of likely N-dealkylation sites (tertiary alicyclic amines) is 1. The maximum atomic E-state index is 17.1. The molecule has 3 fully saturated rings. The summed E-state index contributed by atoms with van der Waals surface area (Å²) in [7, 11) is 1.58. The first-order valence-corrected chi connectivity index (χ1v) is 15.5. The number of rotatable bonds is 5. The molecular formula is C34H45F4N3O2. The summed E-state index contributed by atoms with van der Waals surface area (Å²) in [4.78, 5) is 19.7. The van der Waals surface area contributed by atoms with Gasteiger partial charge in [0.2, 0.25) is 5.67 Å². The van der Waals surface area contributed by atoms with Crippen molar-refractivity contribution in [3.8, 4) is 5.75 Å². The lowest BCUT2D eigenvalue weighted by Crippen LogP contribution is -2.57. The van der Waals surface area contributed by atoms with E-state index in [4.69, 9.17) is 4.74 Å². The second-order valence-corrected chi connectivity index (χ2v) is 13.7. The van der Waals surface area contributed by atoms with E-state index in [1.807, 2.05) is 37.8 Å². The van der Waals surface area contributed by atoms with Crippen molar-refractivity contribution in [1.82, 2.24) is 9.80 Å². The van der Waals surface area contributed by atoms with Gasteiger partial charge in [-0.2, -0.15) is 13.2 Å². The van der Waals surface area contributed by atoms with Gasteiger partial charge in [-0.3, -0.25) is 9.69 Å².